The summed E-state index contributed by atoms with van der Waals surface area (Å²) in [5, 5.41) is 0. The fourth-order valence-electron chi connectivity index (χ4n) is 4.88. The summed E-state index contributed by atoms with van der Waals surface area (Å²) in [4.78, 5) is 24.7. The maximum Gasteiger partial charge on any atom is 0.242 e. The number of fused-ring (bicyclic) bond motifs is 2. The van der Waals surface area contributed by atoms with Crippen molar-refractivity contribution in [2.45, 2.75) is 31.1 Å². The molecule has 0 N–H and O–H groups in total. The van der Waals surface area contributed by atoms with E-state index < -0.39 is 0 Å². The minimum absolute atomic E-state index is 0.102. The van der Waals surface area contributed by atoms with Gasteiger partial charge < -0.3 is 19.1 Å². The number of methoxy groups -OCH3 is 2. The van der Waals surface area contributed by atoms with Gasteiger partial charge in [-0.2, -0.15) is 0 Å². The lowest BCUT2D eigenvalue weighted by molar-refractivity contribution is -0.137. The molecule has 1 aromatic heterocycles. The van der Waals surface area contributed by atoms with Gasteiger partial charge in [0, 0.05) is 58.7 Å². The Morgan fingerprint density at radius 2 is 2.07 bits per heavy atom. The van der Waals surface area contributed by atoms with E-state index in [1.54, 1.807) is 14.2 Å². The van der Waals surface area contributed by atoms with Gasteiger partial charge in [-0.3, -0.25) is 14.6 Å². The number of pyridine rings is 1. The van der Waals surface area contributed by atoms with Gasteiger partial charge in [0.2, 0.25) is 11.8 Å². The highest BCUT2D eigenvalue weighted by Crippen LogP contribution is 2.41. The zero-order chi connectivity index (χ0) is 19.6. The minimum Gasteiger partial charge on any atom is -0.481 e. The van der Waals surface area contributed by atoms with Crippen LogP contribution in [0.15, 0.2) is 18.2 Å². The third-order valence-electron chi connectivity index (χ3n) is 6.24. The minimum atomic E-state index is -0.209. The van der Waals surface area contributed by atoms with Crippen LogP contribution in [-0.4, -0.2) is 97.5 Å². The molecule has 3 aliphatic heterocycles. The number of amides is 1. The van der Waals surface area contributed by atoms with Crippen LogP contribution in [0.3, 0.4) is 0 Å². The van der Waals surface area contributed by atoms with E-state index >= 15 is 0 Å². The molecule has 1 atom stereocenters. The highest BCUT2D eigenvalue weighted by molar-refractivity contribution is 5.85. The molecule has 154 valence electrons. The smallest absolute Gasteiger partial charge is 0.242 e. The van der Waals surface area contributed by atoms with Gasteiger partial charge in [-0.15, -0.1) is 0 Å². The maximum atomic E-state index is 13.3. The highest BCUT2D eigenvalue weighted by Gasteiger charge is 2.57. The third kappa shape index (κ3) is 3.50. The molecule has 0 aliphatic carbocycles. The Kier molecular flexibility index (Phi) is 5.82. The molecule has 8 nitrogen and oxygen atoms in total. The summed E-state index contributed by atoms with van der Waals surface area (Å²) in [7, 11) is 3.32. The molecule has 1 amide bonds. The van der Waals surface area contributed by atoms with Crippen molar-refractivity contribution >= 4 is 5.91 Å². The lowest BCUT2D eigenvalue weighted by Crippen LogP contribution is -2.62. The Labute approximate surface area is 166 Å². The van der Waals surface area contributed by atoms with E-state index in [1.165, 1.54) is 0 Å². The average molecular weight is 390 g/mol. The fourth-order valence-corrected chi connectivity index (χ4v) is 4.88. The van der Waals surface area contributed by atoms with Gasteiger partial charge in [-0.05, 0) is 6.07 Å². The van der Waals surface area contributed by atoms with E-state index in [-0.39, 0.29) is 17.6 Å². The second kappa shape index (κ2) is 8.32. The third-order valence-corrected chi connectivity index (χ3v) is 6.24. The summed E-state index contributed by atoms with van der Waals surface area (Å²) in [6.07, 6.45) is 1.74. The molecule has 0 radical (unpaired) electrons. The zero-order valence-corrected chi connectivity index (χ0v) is 16.8. The molecular weight excluding hydrogens is 360 g/mol. The number of aromatic nitrogens is 1. The van der Waals surface area contributed by atoms with Crippen molar-refractivity contribution in [2.24, 2.45) is 0 Å². The Morgan fingerprint density at radius 1 is 1.25 bits per heavy atom. The summed E-state index contributed by atoms with van der Waals surface area (Å²) in [5.41, 5.74) is 0.758. The number of hydrogen-bond donors (Lipinski definition) is 0. The van der Waals surface area contributed by atoms with Gasteiger partial charge in [0.05, 0.1) is 32.6 Å². The van der Waals surface area contributed by atoms with E-state index in [2.05, 4.69) is 19.7 Å². The molecule has 1 aromatic rings. The van der Waals surface area contributed by atoms with Crippen LogP contribution in [0, 0.1) is 0 Å². The molecule has 0 saturated carbocycles. The van der Waals surface area contributed by atoms with Gasteiger partial charge in [0.1, 0.15) is 11.7 Å². The number of piperazine rings is 1. The summed E-state index contributed by atoms with van der Waals surface area (Å²) in [5.74, 6) is 0.849. The molecule has 4 rings (SSSR count). The van der Waals surface area contributed by atoms with Crippen molar-refractivity contribution < 1.29 is 19.0 Å². The molecule has 8 heteroatoms. The molecule has 4 heterocycles. The van der Waals surface area contributed by atoms with Gasteiger partial charge in [0.15, 0.2) is 0 Å². The average Bonchev–Trinajstić information content (AvgIpc) is 2.94. The monoisotopic (exact) mass is 390 g/mol. The second-order valence-corrected chi connectivity index (χ2v) is 7.69. The van der Waals surface area contributed by atoms with E-state index in [0.717, 1.165) is 44.7 Å². The Hall–Kier alpha value is -1.74. The van der Waals surface area contributed by atoms with Crippen molar-refractivity contribution in [1.29, 1.82) is 0 Å². The summed E-state index contributed by atoms with van der Waals surface area (Å²) >= 11 is 0. The van der Waals surface area contributed by atoms with Crippen LogP contribution in [0.2, 0.25) is 0 Å². The number of carbonyl (C=O) groups is 1. The van der Waals surface area contributed by atoms with Gasteiger partial charge in [-0.1, -0.05) is 6.07 Å². The normalized spacial score (nSPS) is 25.3. The molecule has 28 heavy (non-hydrogen) atoms. The molecule has 3 fully saturated rings. The standard InChI is InChI=1S/C20H30N4O4/c1-26-13-10-24-19(25)17-15-22(14-16-4-3-5-18(21-16)27-2)8-9-23(17)20(24)6-11-28-12-7-20/h3-5,17H,6-15H2,1-2H3/t17-/m1/s1. The van der Waals surface area contributed by atoms with Crippen molar-refractivity contribution in [3.63, 3.8) is 0 Å². The Bertz CT molecular complexity index is 695. The van der Waals surface area contributed by atoms with E-state index in [0.29, 0.717) is 32.2 Å². The molecular formula is C20H30N4O4. The SMILES string of the molecule is COCCN1C(=O)[C@H]2CN(Cc3cccc(OC)n3)CCN2C12CCOCC2. The zero-order valence-electron chi connectivity index (χ0n) is 16.8. The number of carbonyl (C=O) groups excluding carboxylic acids is 1. The first kappa shape index (κ1) is 19.6. The van der Waals surface area contributed by atoms with E-state index in [4.69, 9.17) is 14.2 Å². The van der Waals surface area contributed by atoms with Crippen LogP contribution >= 0.6 is 0 Å². The van der Waals surface area contributed by atoms with Crippen LogP contribution in [0.4, 0.5) is 0 Å². The Morgan fingerprint density at radius 3 is 2.82 bits per heavy atom. The van der Waals surface area contributed by atoms with Crippen molar-refractivity contribution in [3.8, 4) is 5.88 Å². The lowest BCUT2D eigenvalue weighted by Gasteiger charge is -2.49. The van der Waals surface area contributed by atoms with Crippen LogP contribution in [0.1, 0.15) is 18.5 Å². The first-order valence-electron chi connectivity index (χ1n) is 10.0. The Balaban J connectivity index is 1.50. The second-order valence-electron chi connectivity index (χ2n) is 7.69. The van der Waals surface area contributed by atoms with Crippen molar-refractivity contribution in [1.82, 2.24) is 19.7 Å². The summed E-state index contributed by atoms with van der Waals surface area (Å²) in [6, 6.07) is 5.72. The molecule has 3 aliphatic rings. The molecule has 1 spiro atoms. The first-order chi connectivity index (χ1) is 13.7. The van der Waals surface area contributed by atoms with Gasteiger partial charge in [-0.25, -0.2) is 4.98 Å². The lowest BCUT2D eigenvalue weighted by atomic mass is 9.96. The molecule has 0 bridgehead atoms. The summed E-state index contributed by atoms with van der Waals surface area (Å²) in [6.45, 7) is 5.86. The van der Waals surface area contributed by atoms with Crippen LogP contribution in [-0.2, 0) is 20.8 Å². The number of nitrogens with zero attached hydrogens (tertiary/aromatic N) is 4. The van der Waals surface area contributed by atoms with E-state index in [1.807, 2.05) is 18.2 Å². The maximum absolute atomic E-state index is 13.3. The van der Waals surface area contributed by atoms with Crippen molar-refractivity contribution in [2.75, 3.05) is 60.2 Å². The number of hydrogen-bond acceptors (Lipinski definition) is 7. The number of rotatable bonds is 6. The van der Waals surface area contributed by atoms with Crippen LogP contribution in [0.5, 0.6) is 5.88 Å². The van der Waals surface area contributed by atoms with Crippen molar-refractivity contribution in [3.05, 3.63) is 23.9 Å². The first-order valence-corrected chi connectivity index (χ1v) is 10.0. The van der Waals surface area contributed by atoms with Gasteiger partial charge >= 0.3 is 0 Å². The largest absolute Gasteiger partial charge is 0.481 e. The van der Waals surface area contributed by atoms with Crippen LogP contribution < -0.4 is 4.74 Å². The predicted molar refractivity (Wildman–Crippen MR) is 103 cm³/mol. The van der Waals surface area contributed by atoms with E-state index in [9.17, 15) is 4.79 Å². The fraction of sp³-hybridized carbons (Fsp3) is 0.700. The quantitative estimate of drug-likeness (QED) is 0.704. The highest BCUT2D eigenvalue weighted by atomic mass is 16.5. The molecule has 0 aromatic carbocycles. The predicted octanol–water partition coefficient (Wildman–Crippen LogP) is 0.572. The van der Waals surface area contributed by atoms with Crippen LogP contribution in [0.25, 0.3) is 0 Å². The summed E-state index contributed by atoms with van der Waals surface area (Å²) < 4.78 is 16.1. The molecule has 0 unspecified atom stereocenters. The van der Waals surface area contributed by atoms with Gasteiger partial charge in [0.25, 0.3) is 0 Å². The molecule has 3 saturated heterocycles. The topological polar surface area (TPSA) is 67.4 Å². The number of ether oxygens (including phenoxy) is 3.